The molecule has 2 amide bonds. The van der Waals surface area contributed by atoms with Crippen LogP contribution in [0.2, 0.25) is 0 Å². The summed E-state index contributed by atoms with van der Waals surface area (Å²) in [5, 5.41) is 24.0. The Hall–Kier alpha value is -3.40. The second kappa shape index (κ2) is 5.10. The Morgan fingerprint density at radius 1 is 1.17 bits per heavy atom. The van der Waals surface area contributed by atoms with Crippen molar-refractivity contribution in [1.82, 2.24) is 9.97 Å². The number of aliphatic hydroxyl groups excluding tert-OH is 1. The topological polar surface area (TPSA) is 164 Å². The molecule has 1 aromatic heterocycles. The van der Waals surface area contributed by atoms with Crippen molar-refractivity contribution in [3.8, 4) is 5.88 Å². The molecule has 10 heteroatoms. The normalized spacial score (nSPS) is 15.9. The minimum Gasteiger partial charge on any atom is -0.494 e. The highest BCUT2D eigenvalue weighted by Gasteiger charge is 2.29. The fraction of sp³-hybridized carbons (Fsp3) is 0.0769. The lowest BCUT2D eigenvalue weighted by Gasteiger charge is -2.08. The number of hydrogen-bond acceptors (Lipinski definition) is 6. The van der Waals surface area contributed by atoms with Gasteiger partial charge < -0.3 is 20.8 Å². The van der Waals surface area contributed by atoms with Crippen LogP contribution in [0.4, 0.5) is 11.4 Å². The Bertz CT molecular complexity index is 944. The van der Waals surface area contributed by atoms with Crippen LogP contribution in [-0.4, -0.2) is 32.0 Å². The highest BCUT2D eigenvalue weighted by Crippen LogP contribution is 2.32. The molecule has 1 unspecified atom stereocenters. The number of aromatic nitrogens is 2. The quantitative estimate of drug-likeness (QED) is 0.416. The summed E-state index contributed by atoms with van der Waals surface area (Å²) in [4.78, 5) is 49.7. The predicted molar refractivity (Wildman–Crippen MR) is 77.3 cm³/mol. The number of nitrogens with one attached hydrogen (secondary N) is 4. The third-order valence-electron chi connectivity index (χ3n) is 3.26. The summed E-state index contributed by atoms with van der Waals surface area (Å²) in [5.41, 5.74) is -1.80. The second-order valence-corrected chi connectivity index (χ2v) is 4.78. The summed E-state index contributed by atoms with van der Waals surface area (Å²) in [7, 11) is 0. The van der Waals surface area contributed by atoms with Crippen LogP contribution < -0.4 is 21.9 Å². The number of carbonyl (C=O) groups is 2. The number of hydrogen-bond donors (Lipinski definition) is 6. The lowest BCUT2D eigenvalue weighted by Crippen LogP contribution is -2.30. The van der Waals surface area contributed by atoms with Crippen molar-refractivity contribution in [3.05, 3.63) is 50.2 Å². The first-order valence-electron chi connectivity index (χ1n) is 6.36. The molecular weight excluding hydrogens is 308 g/mol. The molecule has 1 aliphatic heterocycles. The first-order valence-corrected chi connectivity index (χ1v) is 6.36. The Balaban J connectivity index is 1.92. The van der Waals surface area contributed by atoms with Crippen LogP contribution in [0.3, 0.4) is 0 Å². The molecule has 0 radical (unpaired) electrons. The summed E-state index contributed by atoms with van der Waals surface area (Å²) in [6, 6.07) is 4.26. The van der Waals surface area contributed by atoms with E-state index in [1.54, 1.807) is 0 Å². The molecule has 0 fully saturated rings. The zero-order chi connectivity index (χ0) is 16.7. The van der Waals surface area contributed by atoms with Crippen LogP contribution in [0.15, 0.2) is 27.8 Å². The SMILES string of the molecule is O=C(Nc1ccc2c(c1)C(O)C(=O)N2)c1c(O)[nH]c(=O)[nH]c1=O. The summed E-state index contributed by atoms with van der Waals surface area (Å²) in [6.45, 7) is 0. The molecule has 1 aliphatic rings. The van der Waals surface area contributed by atoms with Gasteiger partial charge in [-0.05, 0) is 18.2 Å². The van der Waals surface area contributed by atoms with E-state index in [9.17, 15) is 29.4 Å². The molecule has 0 saturated heterocycles. The van der Waals surface area contributed by atoms with E-state index in [0.717, 1.165) is 0 Å². The number of aromatic hydroxyl groups is 1. The van der Waals surface area contributed by atoms with Gasteiger partial charge in [-0.3, -0.25) is 24.4 Å². The van der Waals surface area contributed by atoms with E-state index in [-0.39, 0.29) is 11.3 Å². The van der Waals surface area contributed by atoms with E-state index in [1.165, 1.54) is 18.2 Å². The van der Waals surface area contributed by atoms with Crippen molar-refractivity contribution < 1.29 is 19.8 Å². The zero-order valence-corrected chi connectivity index (χ0v) is 11.3. The number of carbonyl (C=O) groups excluding carboxylic acids is 2. The molecule has 118 valence electrons. The maximum Gasteiger partial charge on any atom is 0.328 e. The van der Waals surface area contributed by atoms with Crippen LogP contribution in [-0.2, 0) is 4.79 Å². The maximum absolute atomic E-state index is 12.1. The minimum atomic E-state index is -1.35. The Kier molecular flexibility index (Phi) is 3.22. The molecule has 0 bridgehead atoms. The van der Waals surface area contributed by atoms with Crippen LogP contribution >= 0.6 is 0 Å². The molecule has 10 nitrogen and oxygen atoms in total. The van der Waals surface area contributed by atoms with Crippen LogP contribution in [0, 0.1) is 0 Å². The van der Waals surface area contributed by atoms with Crippen molar-refractivity contribution in [2.24, 2.45) is 0 Å². The fourth-order valence-electron chi connectivity index (χ4n) is 2.20. The third-order valence-corrected chi connectivity index (χ3v) is 3.26. The van der Waals surface area contributed by atoms with Gasteiger partial charge in [-0.15, -0.1) is 0 Å². The van der Waals surface area contributed by atoms with E-state index in [0.29, 0.717) is 5.69 Å². The van der Waals surface area contributed by atoms with Crippen molar-refractivity contribution >= 4 is 23.2 Å². The molecule has 23 heavy (non-hydrogen) atoms. The molecule has 3 rings (SSSR count). The van der Waals surface area contributed by atoms with Gasteiger partial charge >= 0.3 is 5.69 Å². The van der Waals surface area contributed by atoms with Crippen LogP contribution in [0.5, 0.6) is 5.88 Å². The maximum atomic E-state index is 12.1. The lowest BCUT2D eigenvalue weighted by atomic mass is 10.1. The summed E-state index contributed by atoms with van der Waals surface area (Å²) in [6.07, 6.45) is -1.35. The van der Waals surface area contributed by atoms with E-state index >= 15 is 0 Å². The third kappa shape index (κ3) is 2.46. The number of benzene rings is 1. The van der Waals surface area contributed by atoms with Gasteiger partial charge in [0, 0.05) is 16.9 Å². The Morgan fingerprint density at radius 2 is 1.91 bits per heavy atom. The summed E-state index contributed by atoms with van der Waals surface area (Å²) in [5.74, 6) is -2.42. The molecular formula is C13H10N4O6. The van der Waals surface area contributed by atoms with Gasteiger partial charge in [0.25, 0.3) is 17.4 Å². The molecule has 6 N–H and O–H groups in total. The molecule has 1 aromatic carbocycles. The Labute approximate surface area is 126 Å². The second-order valence-electron chi connectivity index (χ2n) is 4.78. The lowest BCUT2D eigenvalue weighted by molar-refractivity contribution is -0.123. The molecule has 0 aliphatic carbocycles. The summed E-state index contributed by atoms with van der Waals surface area (Å²) < 4.78 is 0. The summed E-state index contributed by atoms with van der Waals surface area (Å²) >= 11 is 0. The van der Waals surface area contributed by atoms with E-state index < -0.39 is 40.6 Å². The van der Waals surface area contributed by atoms with Crippen molar-refractivity contribution in [2.75, 3.05) is 10.6 Å². The monoisotopic (exact) mass is 318 g/mol. The van der Waals surface area contributed by atoms with E-state index in [4.69, 9.17) is 0 Å². The first kappa shape index (κ1) is 14.5. The average molecular weight is 318 g/mol. The Morgan fingerprint density at radius 3 is 2.61 bits per heavy atom. The van der Waals surface area contributed by atoms with Crippen molar-refractivity contribution in [3.63, 3.8) is 0 Å². The molecule has 0 spiro atoms. The molecule has 2 aromatic rings. The van der Waals surface area contributed by atoms with Crippen LogP contribution in [0.1, 0.15) is 22.0 Å². The van der Waals surface area contributed by atoms with Gasteiger partial charge in [0.2, 0.25) is 5.88 Å². The number of aliphatic hydroxyl groups is 1. The number of fused-ring (bicyclic) bond motifs is 1. The van der Waals surface area contributed by atoms with Gasteiger partial charge in [0.1, 0.15) is 0 Å². The largest absolute Gasteiger partial charge is 0.494 e. The predicted octanol–water partition coefficient (Wildman–Crippen LogP) is -0.993. The highest BCUT2D eigenvalue weighted by molar-refractivity contribution is 6.06. The molecule has 0 saturated carbocycles. The number of amides is 2. The zero-order valence-electron chi connectivity index (χ0n) is 11.3. The molecule has 2 heterocycles. The molecule has 1 atom stereocenters. The van der Waals surface area contributed by atoms with Gasteiger partial charge in [-0.2, -0.15) is 0 Å². The van der Waals surface area contributed by atoms with Crippen molar-refractivity contribution in [1.29, 1.82) is 0 Å². The number of aromatic amines is 2. The van der Waals surface area contributed by atoms with Gasteiger partial charge in [0.15, 0.2) is 11.7 Å². The highest BCUT2D eigenvalue weighted by atomic mass is 16.3. The van der Waals surface area contributed by atoms with Gasteiger partial charge in [-0.1, -0.05) is 0 Å². The first-order chi connectivity index (χ1) is 10.9. The number of rotatable bonds is 2. The van der Waals surface area contributed by atoms with E-state index in [1.807, 2.05) is 9.97 Å². The van der Waals surface area contributed by atoms with Crippen molar-refractivity contribution in [2.45, 2.75) is 6.10 Å². The van der Waals surface area contributed by atoms with Gasteiger partial charge in [-0.25, -0.2) is 4.79 Å². The van der Waals surface area contributed by atoms with E-state index in [2.05, 4.69) is 10.6 Å². The number of H-pyrrole nitrogens is 2. The van der Waals surface area contributed by atoms with Gasteiger partial charge in [0.05, 0.1) is 0 Å². The van der Waals surface area contributed by atoms with Crippen LogP contribution in [0.25, 0.3) is 0 Å². The average Bonchev–Trinajstić information content (AvgIpc) is 2.73. The number of anilines is 2. The smallest absolute Gasteiger partial charge is 0.328 e. The fourth-order valence-corrected chi connectivity index (χ4v) is 2.20. The standard InChI is InChI=1S/C13H10N4O6/c18-8-5-3-4(1-2-6(5)15-12(8)22)14-9(19)7-10(20)16-13(23)17-11(7)21/h1-3,8,18H,(H,14,19)(H,15,22)(H3,16,17,20,21,23). The minimum absolute atomic E-state index is 0.189.